The van der Waals surface area contributed by atoms with E-state index in [0.717, 1.165) is 52.6 Å². The molecule has 2 fully saturated rings. The standard InChI is InChI=1S/C32H43BBrNO5/c1-8-38-29(36)32(24-14-16-25(34)17-15-24,35-26-18-20-27(37-7)21-19-26)28(23-12-10-9-11-13-23)22(2)33-39-30(3,4)31(5,6)40-33/h14-21,23,28,35H,2,8-13H2,1,3-7H3/t28-,32-/m1/s1. The van der Waals surface area contributed by atoms with Gasteiger partial charge in [0.05, 0.1) is 24.9 Å². The monoisotopic (exact) mass is 611 g/mol. The number of nitrogens with one attached hydrogen (secondary N) is 1. The fraction of sp³-hybridized carbons (Fsp3) is 0.531. The summed E-state index contributed by atoms with van der Waals surface area (Å²) in [5.41, 5.74) is -0.0231. The Morgan fingerprint density at radius 2 is 1.62 bits per heavy atom. The molecule has 2 aliphatic rings. The predicted molar refractivity (Wildman–Crippen MR) is 164 cm³/mol. The van der Waals surface area contributed by atoms with Crippen molar-refractivity contribution in [3.8, 4) is 5.75 Å². The largest absolute Gasteiger partial charge is 0.497 e. The van der Waals surface area contributed by atoms with E-state index in [1.165, 1.54) is 6.42 Å². The van der Waals surface area contributed by atoms with Crippen LogP contribution in [0.2, 0.25) is 0 Å². The first-order chi connectivity index (χ1) is 18.9. The van der Waals surface area contributed by atoms with E-state index in [2.05, 4.69) is 27.8 Å². The summed E-state index contributed by atoms with van der Waals surface area (Å²) >= 11 is 3.58. The normalized spacial score (nSPS) is 20.8. The minimum absolute atomic E-state index is 0.166. The maximum Gasteiger partial charge on any atom is 0.490 e. The second kappa shape index (κ2) is 12.3. The van der Waals surface area contributed by atoms with E-state index in [-0.39, 0.29) is 24.4 Å². The third-order valence-corrected chi connectivity index (χ3v) is 9.40. The molecule has 1 N–H and O–H groups in total. The zero-order valence-corrected chi connectivity index (χ0v) is 26.3. The molecule has 0 bridgehead atoms. The molecular weight excluding hydrogens is 569 g/mol. The molecule has 1 saturated heterocycles. The third kappa shape index (κ3) is 6.00. The number of anilines is 1. The lowest BCUT2D eigenvalue weighted by Crippen LogP contribution is -2.55. The Morgan fingerprint density at radius 3 is 2.15 bits per heavy atom. The van der Waals surface area contributed by atoms with Gasteiger partial charge in [0.2, 0.25) is 0 Å². The second-order valence-electron chi connectivity index (χ2n) is 11.9. The highest BCUT2D eigenvalue weighted by molar-refractivity contribution is 9.10. The van der Waals surface area contributed by atoms with Gasteiger partial charge in [-0.3, -0.25) is 0 Å². The van der Waals surface area contributed by atoms with Gasteiger partial charge in [-0.15, -0.1) is 6.58 Å². The summed E-state index contributed by atoms with van der Waals surface area (Å²) in [6.07, 6.45) is 5.33. The summed E-state index contributed by atoms with van der Waals surface area (Å²) < 4.78 is 25.3. The van der Waals surface area contributed by atoms with E-state index in [1.54, 1.807) is 7.11 Å². The summed E-state index contributed by atoms with van der Waals surface area (Å²) in [5, 5.41) is 3.69. The zero-order chi connectivity index (χ0) is 29.1. The van der Waals surface area contributed by atoms with Crippen LogP contribution in [0.1, 0.15) is 72.3 Å². The number of rotatable bonds is 10. The molecule has 4 rings (SSSR count). The molecule has 216 valence electrons. The maximum atomic E-state index is 14.5. The van der Waals surface area contributed by atoms with Crippen LogP contribution >= 0.6 is 15.9 Å². The quantitative estimate of drug-likeness (QED) is 0.219. The number of esters is 1. The highest BCUT2D eigenvalue weighted by Gasteiger charge is 2.59. The van der Waals surface area contributed by atoms with Crippen molar-refractivity contribution in [1.29, 1.82) is 0 Å². The van der Waals surface area contributed by atoms with Gasteiger partial charge in [-0.25, -0.2) is 4.79 Å². The molecule has 1 saturated carbocycles. The van der Waals surface area contributed by atoms with Crippen LogP contribution in [0, 0.1) is 11.8 Å². The SMILES string of the molecule is C=C(B1OC(C)(C)C(C)(C)O1)[C@H](C1CCCCC1)[C@@](Nc1ccc(OC)cc1)(C(=O)OCC)c1ccc(Br)cc1. The Bertz CT molecular complexity index is 1160. The number of carbonyl (C=O) groups excluding carboxylic acids is 1. The van der Waals surface area contributed by atoms with Crippen molar-refractivity contribution in [1.82, 2.24) is 0 Å². The van der Waals surface area contributed by atoms with Crippen molar-refractivity contribution in [3.63, 3.8) is 0 Å². The van der Waals surface area contributed by atoms with Gasteiger partial charge in [-0.2, -0.15) is 0 Å². The predicted octanol–water partition coefficient (Wildman–Crippen LogP) is 7.71. The Labute approximate surface area is 248 Å². The number of carbonyl (C=O) groups is 1. The van der Waals surface area contributed by atoms with Crippen molar-refractivity contribution in [2.45, 2.75) is 83.5 Å². The van der Waals surface area contributed by atoms with Crippen molar-refractivity contribution in [3.05, 3.63) is 70.6 Å². The molecule has 40 heavy (non-hydrogen) atoms. The Balaban J connectivity index is 1.93. The van der Waals surface area contributed by atoms with Gasteiger partial charge in [0.15, 0.2) is 5.54 Å². The van der Waals surface area contributed by atoms with Crippen LogP contribution in [-0.2, 0) is 24.4 Å². The molecule has 1 aliphatic carbocycles. The lowest BCUT2D eigenvalue weighted by molar-refractivity contribution is -0.151. The van der Waals surface area contributed by atoms with Crippen molar-refractivity contribution in [2.75, 3.05) is 19.0 Å². The fourth-order valence-corrected chi connectivity index (χ4v) is 6.29. The number of hydrogen-bond acceptors (Lipinski definition) is 6. The summed E-state index contributed by atoms with van der Waals surface area (Å²) in [4.78, 5) is 14.5. The summed E-state index contributed by atoms with van der Waals surface area (Å²) in [7, 11) is 0.972. The summed E-state index contributed by atoms with van der Waals surface area (Å²) in [5.74, 6) is 0.187. The van der Waals surface area contributed by atoms with Crippen molar-refractivity contribution >= 4 is 34.7 Å². The van der Waals surface area contributed by atoms with Gasteiger partial charge >= 0.3 is 13.1 Å². The van der Waals surface area contributed by atoms with Gasteiger partial charge in [0, 0.05) is 16.1 Å². The molecule has 0 spiro atoms. The van der Waals surface area contributed by atoms with Crippen molar-refractivity contribution < 1.29 is 23.6 Å². The molecule has 8 heteroatoms. The van der Waals surface area contributed by atoms with Crippen LogP contribution in [0.5, 0.6) is 5.75 Å². The number of halogens is 1. The molecule has 2 atom stereocenters. The fourth-order valence-electron chi connectivity index (χ4n) is 6.03. The molecule has 0 amide bonds. The van der Waals surface area contributed by atoms with Gasteiger partial charge in [0.25, 0.3) is 0 Å². The second-order valence-corrected chi connectivity index (χ2v) is 12.8. The minimum atomic E-state index is -1.28. The van der Waals surface area contributed by atoms with E-state index >= 15 is 0 Å². The molecule has 0 aromatic heterocycles. The molecule has 2 aromatic carbocycles. The van der Waals surface area contributed by atoms with Crippen LogP contribution < -0.4 is 10.1 Å². The average Bonchev–Trinajstić information content (AvgIpc) is 3.16. The zero-order valence-electron chi connectivity index (χ0n) is 24.7. The van der Waals surface area contributed by atoms with Crippen LogP contribution in [0.15, 0.2) is 65.1 Å². The third-order valence-electron chi connectivity index (χ3n) is 8.87. The number of hydrogen-bond donors (Lipinski definition) is 1. The van der Waals surface area contributed by atoms with Gasteiger partial charge < -0.3 is 24.1 Å². The Kier molecular flexibility index (Phi) is 9.43. The maximum absolute atomic E-state index is 14.5. The van der Waals surface area contributed by atoms with E-state index in [0.29, 0.717) is 0 Å². The summed E-state index contributed by atoms with van der Waals surface area (Å²) in [6, 6.07) is 15.6. The lowest BCUT2D eigenvalue weighted by atomic mass is 9.56. The molecule has 1 heterocycles. The van der Waals surface area contributed by atoms with Crippen LogP contribution in [0.4, 0.5) is 5.69 Å². The first kappa shape index (κ1) is 30.7. The average molecular weight is 612 g/mol. The van der Waals surface area contributed by atoms with Crippen LogP contribution in [0.25, 0.3) is 0 Å². The van der Waals surface area contributed by atoms with Gasteiger partial charge in [-0.05, 0) is 101 Å². The lowest BCUT2D eigenvalue weighted by Gasteiger charge is -2.46. The van der Waals surface area contributed by atoms with E-state index in [4.69, 9.17) is 18.8 Å². The van der Waals surface area contributed by atoms with E-state index in [1.807, 2.05) is 83.1 Å². The summed E-state index contributed by atoms with van der Waals surface area (Å²) in [6.45, 7) is 14.9. The van der Waals surface area contributed by atoms with Gasteiger partial charge in [-0.1, -0.05) is 47.3 Å². The molecule has 0 radical (unpaired) electrons. The molecule has 1 aliphatic heterocycles. The number of ether oxygens (including phenoxy) is 2. The Hall–Kier alpha value is -2.29. The minimum Gasteiger partial charge on any atom is -0.497 e. The topological polar surface area (TPSA) is 66.0 Å². The highest BCUT2D eigenvalue weighted by atomic mass is 79.9. The van der Waals surface area contributed by atoms with Crippen molar-refractivity contribution in [2.24, 2.45) is 11.8 Å². The molecule has 0 unspecified atom stereocenters. The smallest absolute Gasteiger partial charge is 0.490 e. The Morgan fingerprint density at radius 1 is 1.05 bits per heavy atom. The first-order valence-electron chi connectivity index (χ1n) is 14.3. The highest BCUT2D eigenvalue weighted by Crippen LogP contribution is 2.50. The molecule has 2 aromatic rings. The first-order valence-corrected chi connectivity index (χ1v) is 15.1. The number of methoxy groups -OCH3 is 1. The molecular formula is C32H43BBrNO5. The number of benzene rings is 2. The molecule has 6 nitrogen and oxygen atoms in total. The van der Waals surface area contributed by atoms with Crippen LogP contribution in [0.3, 0.4) is 0 Å². The van der Waals surface area contributed by atoms with Crippen LogP contribution in [-0.4, -0.2) is 38.0 Å². The van der Waals surface area contributed by atoms with E-state index in [9.17, 15) is 4.79 Å². The van der Waals surface area contributed by atoms with E-state index < -0.39 is 23.9 Å². The van der Waals surface area contributed by atoms with Gasteiger partial charge in [0.1, 0.15) is 5.75 Å².